The van der Waals surface area contributed by atoms with Gasteiger partial charge in [-0.25, -0.2) is 13.4 Å². The van der Waals surface area contributed by atoms with E-state index in [4.69, 9.17) is 9.72 Å². The first-order valence-electron chi connectivity index (χ1n) is 13.3. The minimum Gasteiger partial charge on any atom is -0.494 e. The molecule has 0 radical (unpaired) electrons. The monoisotopic (exact) mass is 579 g/mol. The maximum Gasteiger partial charge on any atom is 0.261 e. The summed E-state index contributed by atoms with van der Waals surface area (Å²) < 4.78 is 34.7. The highest BCUT2D eigenvalue weighted by Gasteiger charge is 2.20. The fraction of sp³-hybridized carbons (Fsp3) is 0.310. The second-order valence-electron chi connectivity index (χ2n) is 9.64. The molecule has 5 rings (SSSR count). The van der Waals surface area contributed by atoms with E-state index in [0.29, 0.717) is 24.4 Å². The number of carbonyl (C=O) groups is 1. The molecule has 0 atom stereocenters. The largest absolute Gasteiger partial charge is 0.494 e. The molecule has 0 saturated carbocycles. The molecule has 11 heteroatoms. The van der Waals surface area contributed by atoms with Gasteiger partial charge >= 0.3 is 0 Å². The number of nitrogens with one attached hydrogen (secondary N) is 2. The predicted molar refractivity (Wildman–Crippen MR) is 160 cm³/mol. The van der Waals surface area contributed by atoms with Crippen molar-refractivity contribution in [3.63, 3.8) is 0 Å². The zero-order valence-electron chi connectivity index (χ0n) is 22.6. The van der Waals surface area contributed by atoms with Crippen molar-refractivity contribution in [3.8, 4) is 5.75 Å². The molecule has 4 aromatic rings. The van der Waals surface area contributed by atoms with Crippen molar-refractivity contribution < 1.29 is 17.9 Å². The number of hydrogen-bond acceptors (Lipinski definition) is 8. The van der Waals surface area contributed by atoms with Crippen molar-refractivity contribution in [2.45, 2.75) is 18.7 Å². The zero-order valence-corrected chi connectivity index (χ0v) is 24.2. The van der Waals surface area contributed by atoms with Gasteiger partial charge in [-0.1, -0.05) is 35.1 Å². The van der Waals surface area contributed by atoms with E-state index >= 15 is 0 Å². The molecule has 1 amide bonds. The normalized spacial score (nSPS) is 14.3. The van der Waals surface area contributed by atoms with E-state index < -0.39 is 10.0 Å². The number of piperazine rings is 1. The first-order chi connectivity index (χ1) is 19.3. The maximum atomic E-state index is 12.8. The van der Waals surface area contributed by atoms with Gasteiger partial charge in [0.2, 0.25) is 0 Å². The Morgan fingerprint density at radius 1 is 1.02 bits per heavy atom. The van der Waals surface area contributed by atoms with E-state index in [1.807, 2.05) is 32.0 Å². The van der Waals surface area contributed by atoms with Crippen molar-refractivity contribution in [2.24, 2.45) is 0 Å². The molecule has 210 valence electrons. The first kappa shape index (κ1) is 27.9. The fourth-order valence-electron chi connectivity index (χ4n) is 4.53. The Hall–Kier alpha value is -3.67. The molecular weight excluding hydrogens is 546 g/mol. The summed E-state index contributed by atoms with van der Waals surface area (Å²) in [6.45, 7) is 9.25. The van der Waals surface area contributed by atoms with Gasteiger partial charge in [-0.05, 0) is 62.4 Å². The van der Waals surface area contributed by atoms with Crippen LogP contribution in [-0.2, 0) is 10.0 Å². The van der Waals surface area contributed by atoms with Crippen molar-refractivity contribution in [2.75, 3.05) is 55.5 Å². The van der Waals surface area contributed by atoms with Crippen molar-refractivity contribution >= 4 is 48.3 Å². The van der Waals surface area contributed by atoms with Crippen LogP contribution in [0.15, 0.2) is 71.6 Å². The fourth-order valence-corrected chi connectivity index (χ4v) is 6.63. The molecule has 1 aromatic heterocycles. The van der Waals surface area contributed by atoms with Crippen LogP contribution in [0.25, 0.3) is 10.2 Å². The van der Waals surface area contributed by atoms with Crippen LogP contribution in [0.1, 0.15) is 22.8 Å². The summed E-state index contributed by atoms with van der Waals surface area (Å²) in [5, 5.41) is 3.98. The molecule has 0 aliphatic carbocycles. The molecule has 1 fully saturated rings. The standard InChI is InChI=1S/C29H33N5O4S2/c1-3-38-24-9-12-26-27(20-24)39-29(31-26)34-17-15-33(16-18-34)14-13-30-28(35)22-5-4-6-23(19-22)32-40(36,37)25-10-7-21(2)8-11-25/h4-12,19-20,32H,3,13-18H2,1-2H3,(H,30,35). The Kier molecular flexibility index (Phi) is 8.53. The number of aryl methyl sites for hydroxylation is 1. The highest BCUT2D eigenvalue weighted by molar-refractivity contribution is 7.92. The molecule has 2 N–H and O–H groups in total. The number of aromatic nitrogens is 1. The molecule has 1 aliphatic heterocycles. The summed E-state index contributed by atoms with van der Waals surface area (Å²) in [5.41, 5.74) is 2.70. The number of ether oxygens (including phenoxy) is 1. The lowest BCUT2D eigenvalue weighted by molar-refractivity contribution is 0.0948. The van der Waals surface area contributed by atoms with Crippen LogP contribution >= 0.6 is 11.3 Å². The number of amides is 1. The number of rotatable bonds is 10. The number of thiazole rings is 1. The number of fused-ring (bicyclic) bond motifs is 1. The van der Waals surface area contributed by atoms with Crippen LogP contribution < -0.4 is 19.7 Å². The molecule has 1 saturated heterocycles. The van der Waals surface area contributed by atoms with Crippen LogP contribution in [0, 0.1) is 6.92 Å². The highest BCUT2D eigenvalue weighted by atomic mass is 32.2. The Bertz CT molecular complexity index is 1580. The zero-order chi connectivity index (χ0) is 28.1. The number of hydrogen-bond donors (Lipinski definition) is 2. The molecular formula is C29H33N5O4S2. The van der Waals surface area contributed by atoms with Crippen LogP contribution in [0.3, 0.4) is 0 Å². The third-order valence-corrected chi connectivity index (χ3v) is 9.20. The Labute approximate surface area is 238 Å². The molecule has 3 aromatic carbocycles. The molecule has 2 heterocycles. The van der Waals surface area contributed by atoms with E-state index in [9.17, 15) is 13.2 Å². The van der Waals surface area contributed by atoms with Gasteiger partial charge < -0.3 is 15.0 Å². The maximum absolute atomic E-state index is 12.8. The minimum absolute atomic E-state index is 0.173. The van der Waals surface area contributed by atoms with E-state index in [1.165, 1.54) is 0 Å². The number of benzene rings is 3. The third-order valence-electron chi connectivity index (χ3n) is 6.72. The molecule has 0 spiro atoms. The average molecular weight is 580 g/mol. The average Bonchev–Trinajstić information content (AvgIpc) is 3.37. The van der Waals surface area contributed by atoms with E-state index in [2.05, 4.69) is 19.8 Å². The predicted octanol–water partition coefficient (Wildman–Crippen LogP) is 4.36. The van der Waals surface area contributed by atoms with Crippen molar-refractivity contribution in [3.05, 3.63) is 77.9 Å². The van der Waals surface area contributed by atoms with Crippen molar-refractivity contribution in [1.29, 1.82) is 0 Å². The van der Waals surface area contributed by atoms with E-state index in [-0.39, 0.29) is 10.8 Å². The smallest absolute Gasteiger partial charge is 0.261 e. The molecule has 40 heavy (non-hydrogen) atoms. The summed E-state index contributed by atoms with van der Waals surface area (Å²) in [7, 11) is -3.74. The third kappa shape index (κ3) is 6.72. The Morgan fingerprint density at radius 3 is 2.55 bits per heavy atom. The van der Waals surface area contributed by atoms with E-state index in [1.54, 1.807) is 59.9 Å². The molecule has 1 aliphatic rings. The van der Waals surface area contributed by atoms with Gasteiger partial charge in [0.15, 0.2) is 5.13 Å². The van der Waals surface area contributed by atoms with Gasteiger partial charge in [-0.15, -0.1) is 0 Å². The minimum atomic E-state index is -3.74. The van der Waals surface area contributed by atoms with Crippen LogP contribution in [-0.4, -0.2) is 70.1 Å². The van der Waals surface area contributed by atoms with Crippen LogP contribution in [0.4, 0.5) is 10.8 Å². The molecule has 9 nitrogen and oxygen atoms in total. The van der Waals surface area contributed by atoms with Gasteiger partial charge in [0.25, 0.3) is 15.9 Å². The highest BCUT2D eigenvalue weighted by Crippen LogP contribution is 2.32. The summed E-state index contributed by atoms with van der Waals surface area (Å²) >= 11 is 1.68. The van der Waals surface area contributed by atoms with Crippen molar-refractivity contribution in [1.82, 2.24) is 15.2 Å². The second kappa shape index (κ2) is 12.2. The van der Waals surface area contributed by atoms with Crippen LogP contribution in [0.5, 0.6) is 5.75 Å². The number of carbonyl (C=O) groups excluding carboxylic acids is 1. The topological polar surface area (TPSA) is 104 Å². The van der Waals surface area contributed by atoms with E-state index in [0.717, 1.165) is 59.4 Å². The van der Waals surface area contributed by atoms with Gasteiger partial charge in [-0.2, -0.15) is 0 Å². The lowest BCUT2D eigenvalue weighted by Gasteiger charge is -2.34. The molecule has 0 bridgehead atoms. The SMILES string of the molecule is CCOc1ccc2nc(N3CCN(CCNC(=O)c4cccc(NS(=O)(=O)c5ccc(C)cc5)c4)CC3)sc2c1. The summed E-state index contributed by atoms with van der Waals surface area (Å²) in [4.78, 5) is 22.4. The number of nitrogens with zero attached hydrogens (tertiary/aromatic N) is 3. The number of anilines is 2. The number of sulfonamides is 1. The van der Waals surface area contributed by atoms with Crippen LogP contribution in [0.2, 0.25) is 0 Å². The quantitative estimate of drug-likeness (QED) is 0.288. The van der Waals surface area contributed by atoms with Gasteiger partial charge in [0.05, 0.1) is 21.7 Å². The van der Waals surface area contributed by atoms with Gasteiger partial charge in [0.1, 0.15) is 5.75 Å². The Morgan fingerprint density at radius 2 is 1.80 bits per heavy atom. The van der Waals surface area contributed by atoms with Gasteiger partial charge in [-0.3, -0.25) is 14.4 Å². The lowest BCUT2D eigenvalue weighted by Crippen LogP contribution is -2.48. The summed E-state index contributed by atoms with van der Waals surface area (Å²) in [5.74, 6) is 0.628. The lowest BCUT2D eigenvalue weighted by atomic mass is 10.2. The molecule has 0 unspecified atom stereocenters. The summed E-state index contributed by atoms with van der Waals surface area (Å²) in [6, 6.07) is 19.2. The van der Waals surface area contributed by atoms with Gasteiger partial charge in [0, 0.05) is 50.5 Å². The summed E-state index contributed by atoms with van der Waals surface area (Å²) in [6.07, 6.45) is 0. The second-order valence-corrected chi connectivity index (χ2v) is 12.3. The first-order valence-corrected chi connectivity index (χ1v) is 15.6. The Balaban J connectivity index is 1.09.